The van der Waals surface area contributed by atoms with Crippen LogP contribution in [0.5, 0.6) is 0 Å². The maximum absolute atomic E-state index is 14.6. The normalized spacial score (nSPS) is 15.9. The van der Waals surface area contributed by atoms with E-state index in [4.69, 9.17) is 0 Å². The van der Waals surface area contributed by atoms with Gasteiger partial charge in [0.2, 0.25) is 5.95 Å². The summed E-state index contributed by atoms with van der Waals surface area (Å²) in [6, 6.07) is 5.13. The van der Waals surface area contributed by atoms with Crippen molar-refractivity contribution in [1.82, 2.24) is 15.2 Å². The quantitative estimate of drug-likeness (QED) is 0.513. The maximum Gasteiger partial charge on any atom is 0.274 e. The minimum absolute atomic E-state index is 0.137. The van der Waals surface area contributed by atoms with Gasteiger partial charge in [-0.15, -0.1) is 10.2 Å². The van der Waals surface area contributed by atoms with E-state index in [9.17, 15) is 9.18 Å². The number of hydrogen-bond donors (Lipinski definition) is 3. The van der Waals surface area contributed by atoms with Crippen molar-refractivity contribution >= 4 is 17.3 Å². The monoisotopic (exact) mass is 374 g/mol. The minimum Gasteiger partial charge on any atom is -0.358 e. The number of likely N-dealkylation sites (N-methyl/N-ethyl adjacent to an activating group) is 1. The van der Waals surface area contributed by atoms with Crippen molar-refractivity contribution in [2.24, 2.45) is 5.10 Å². The number of H-pyrrole nitrogens is 1. The molecule has 1 saturated heterocycles. The SMILES string of the molecule is CC[NH+]1CCN(c2ccc(/C(C)=N\Nc3nnc(C)c(=O)[nH]3)cc2F)CC1. The van der Waals surface area contributed by atoms with Gasteiger partial charge in [-0.2, -0.15) is 5.10 Å². The molecule has 0 aliphatic carbocycles. The molecule has 8 nitrogen and oxygen atoms in total. The van der Waals surface area contributed by atoms with Gasteiger partial charge in [-0.25, -0.2) is 9.82 Å². The molecule has 2 aromatic rings. The molecule has 0 atom stereocenters. The number of aromatic amines is 1. The summed E-state index contributed by atoms with van der Waals surface area (Å²) in [5.74, 6) is -0.121. The first kappa shape index (κ1) is 19.0. The number of hydrazone groups is 1. The smallest absolute Gasteiger partial charge is 0.274 e. The number of nitrogens with zero attached hydrogens (tertiary/aromatic N) is 4. The van der Waals surface area contributed by atoms with Gasteiger partial charge >= 0.3 is 0 Å². The third kappa shape index (κ3) is 4.48. The molecule has 27 heavy (non-hydrogen) atoms. The predicted octanol–water partition coefficient (Wildman–Crippen LogP) is 0.173. The highest BCUT2D eigenvalue weighted by Gasteiger charge is 2.21. The summed E-state index contributed by atoms with van der Waals surface area (Å²) in [7, 11) is 0. The fourth-order valence-corrected chi connectivity index (χ4v) is 3.05. The van der Waals surface area contributed by atoms with Gasteiger partial charge in [-0.1, -0.05) is 6.07 Å². The third-order valence-corrected chi connectivity index (χ3v) is 4.87. The molecule has 1 fully saturated rings. The van der Waals surface area contributed by atoms with Crippen molar-refractivity contribution in [2.45, 2.75) is 20.8 Å². The van der Waals surface area contributed by atoms with E-state index in [2.05, 4.69) is 37.5 Å². The van der Waals surface area contributed by atoms with Crippen LogP contribution >= 0.6 is 0 Å². The zero-order valence-corrected chi connectivity index (χ0v) is 15.8. The number of halogens is 1. The first-order valence-electron chi connectivity index (χ1n) is 9.10. The van der Waals surface area contributed by atoms with Crippen LogP contribution in [-0.4, -0.2) is 53.6 Å². The second-order valence-corrected chi connectivity index (χ2v) is 6.65. The van der Waals surface area contributed by atoms with E-state index in [0.29, 0.717) is 17.0 Å². The average Bonchev–Trinajstić information content (AvgIpc) is 2.68. The van der Waals surface area contributed by atoms with Crippen LogP contribution in [0.3, 0.4) is 0 Å². The van der Waals surface area contributed by atoms with Crippen molar-refractivity contribution in [3.8, 4) is 0 Å². The Hall–Kier alpha value is -2.81. The van der Waals surface area contributed by atoms with Crippen LogP contribution in [0.4, 0.5) is 16.0 Å². The minimum atomic E-state index is -0.333. The van der Waals surface area contributed by atoms with E-state index in [1.165, 1.54) is 6.07 Å². The lowest BCUT2D eigenvalue weighted by molar-refractivity contribution is -0.898. The van der Waals surface area contributed by atoms with E-state index < -0.39 is 0 Å². The summed E-state index contributed by atoms with van der Waals surface area (Å²) < 4.78 is 14.6. The molecule has 3 rings (SSSR count). The summed E-state index contributed by atoms with van der Waals surface area (Å²) >= 11 is 0. The molecule has 144 valence electrons. The molecule has 0 radical (unpaired) electrons. The molecule has 2 heterocycles. The topological polar surface area (TPSA) is 90.7 Å². The molecule has 3 N–H and O–H groups in total. The first-order valence-corrected chi connectivity index (χ1v) is 9.10. The van der Waals surface area contributed by atoms with E-state index in [1.54, 1.807) is 24.8 Å². The number of quaternary nitrogens is 1. The molecule has 0 saturated carbocycles. The molecule has 1 aliphatic heterocycles. The summed E-state index contributed by atoms with van der Waals surface area (Å²) in [6.07, 6.45) is 0. The molecular weight excluding hydrogens is 349 g/mol. The van der Waals surface area contributed by atoms with Gasteiger partial charge in [-0.05, 0) is 32.9 Å². The predicted molar refractivity (Wildman–Crippen MR) is 103 cm³/mol. The fourth-order valence-electron chi connectivity index (χ4n) is 3.05. The number of benzene rings is 1. The van der Waals surface area contributed by atoms with Gasteiger partial charge in [0.1, 0.15) is 11.5 Å². The van der Waals surface area contributed by atoms with Crippen molar-refractivity contribution in [3.05, 3.63) is 45.6 Å². The summed E-state index contributed by atoms with van der Waals surface area (Å²) in [5, 5.41) is 11.7. The van der Waals surface area contributed by atoms with E-state index >= 15 is 0 Å². The summed E-state index contributed by atoms with van der Waals surface area (Å²) in [6.45, 7) is 10.4. The Morgan fingerprint density at radius 3 is 2.74 bits per heavy atom. The van der Waals surface area contributed by atoms with E-state index in [-0.39, 0.29) is 23.0 Å². The highest BCUT2D eigenvalue weighted by atomic mass is 19.1. The van der Waals surface area contributed by atoms with Gasteiger partial charge in [0.25, 0.3) is 5.56 Å². The Kier molecular flexibility index (Phi) is 5.80. The van der Waals surface area contributed by atoms with Crippen LogP contribution in [-0.2, 0) is 0 Å². The molecular formula is C18H25FN7O+. The number of piperazine rings is 1. The fraction of sp³-hybridized carbons (Fsp3) is 0.444. The summed E-state index contributed by atoms with van der Waals surface area (Å²) in [4.78, 5) is 17.7. The molecule has 0 unspecified atom stereocenters. The van der Waals surface area contributed by atoms with E-state index in [1.807, 2.05) is 6.07 Å². The van der Waals surface area contributed by atoms with Crippen LogP contribution in [0, 0.1) is 12.7 Å². The Bertz CT molecular complexity index is 888. The standard InChI is InChI=1S/C18H24FN7O/c1-4-25-7-9-26(10-8-25)16-6-5-14(11-15(16)19)12(2)21-23-18-20-17(27)13(3)22-24-18/h5-6,11H,4,7-10H2,1-3H3,(H2,20,23,24,27)/p+1/b21-12-. The number of anilines is 2. The molecule has 1 aliphatic rings. The highest BCUT2D eigenvalue weighted by Crippen LogP contribution is 2.21. The second kappa shape index (κ2) is 8.26. The number of nitrogens with one attached hydrogen (secondary N) is 3. The molecule has 9 heteroatoms. The average molecular weight is 374 g/mol. The molecule has 0 amide bonds. The van der Waals surface area contributed by atoms with Gasteiger partial charge in [-0.3, -0.25) is 9.78 Å². The Labute approximate surface area is 157 Å². The zero-order valence-electron chi connectivity index (χ0n) is 15.8. The van der Waals surface area contributed by atoms with Crippen LogP contribution in [0.1, 0.15) is 25.1 Å². The Morgan fingerprint density at radius 1 is 1.37 bits per heavy atom. The van der Waals surface area contributed by atoms with Crippen molar-refractivity contribution in [3.63, 3.8) is 0 Å². The molecule has 1 aromatic heterocycles. The molecule has 0 spiro atoms. The van der Waals surface area contributed by atoms with Crippen molar-refractivity contribution in [1.29, 1.82) is 0 Å². The Balaban J connectivity index is 1.70. The number of aromatic nitrogens is 3. The molecule has 0 bridgehead atoms. The van der Waals surface area contributed by atoms with Crippen LogP contribution < -0.4 is 20.8 Å². The lowest BCUT2D eigenvalue weighted by atomic mass is 10.1. The lowest BCUT2D eigenvalue weighted by Gasteiger charge is -2.33. The van der Waals surface area contributed by atoms with Crippen LogP contribution in [0.25, 0.3) is 0 Å². The van der Waals surface area contributed by atoms with Crippen molar-refractivity contribution < 1.29 is 9.29 Å². The number of rotatable bonds is 5. The Morgan fingerprint density at radius 2 is 2.11 bits per heavy atom. The van der Waals surface area contributed by atoms with Gasteiger partial charge in [0.15, 0.2) is 0 Å². The van der Waals surface area contributed by atoms with Crippen LogP contribution in [0.15, 0.2) is 28.1 Å². The van der Waals surface area contributed by atoms with E-state index in [0.717, 1.165) is 32.7 Å². The molecule has 1 aromatic carbocycles. The van der Waals surface area contributed by atoms with Crippen molar-refractivity contribution in [2.75, 3.05) is 43.0 Å². The zero-order chi connectivity index (χ0) is 19.4. The summed E-state index contributed by atoms with van der Waals surface area (Å²) in [5.41, 5.74) is 4.45. The lowest BCUT2D eigenvalue weighted by Crippen LogP contribution is -3.14. The van der Waals surface area contributed by atoms with Crippen LogP contribution in [0.2, 0.25) is 0 Å². The first-order chi connectivity index (χ1) is 13.0. The highest BCUT2D eigenvalue weighted by molar-refractivity contribution is 5.99. The number of aryl methyl sites for hydroxylation is 1. The largest absolute Gasteiger partial charge is 0.358 e. The third-order valence-electron chi connectivity index (χ3n) is 4.87. The second-order valence-electron chi connectivity index (χ2n) is 6.65. The van der Waals surface area contributed by atoms with Gasteiger partial charge < -0.3 is 9.80 Å². The maximum atomic E-state index is 14.6. The van der Waals surface area contributed by atoms with Gasteiger partial charge in [0.05, 0.1) is 44.1 Å². The number of hydrogen-bond acceptors (Lipinski definition) is 6. The van der Waals surface area contributed by atoms with Gasteiger partial charge in [0, 0.05) is 5.56 Å².